The molecule has 5 heteroatoms. The second-order valence-corrected chi connectivity index (χ2v) is 10.4. The zero-order valence-corrected chi connectivity index (χ0v) is 16.0. The van der Waals surface area contributed by atoms with Gasteiger partial charge in [0.15, 0.2) is 0 Å². The van der Waals surface area contributed by atoms with Crippen LogP contribution >= 0.6 is 0 Å². The fraction of sp³-hybridized carbons (Fsp3) is 0.952. The molecule has 4 aliphatic carbocycles. The Morgan fingerprint density at radius 3 is 2.65 bits per heavy atom. The number of methoxy groups -OCH3 is 1. The number of fused-ring (bicyclic) bond motifs is 4. The lowest BCUT2D eigenvalue weighted by Crippen LogP contribution is -2.51. The number of cyclic esters (lactones) is 1. The highest BCUT2D eigenvalue weighted by atomic mass is 16.7. The molecule has 0 aromatic carbocycles. The van der Waals surface area contributed by atoms with E-state index in [0.717, 1.165) is 51.4 Å². The Morgan fingerprint density at radius 2 is 1.96 bits per heavy atom. The maximum atomic E-state index is 12.9. The summed E-state index contributed by atoms with van der Waals surface area (Å²) in [6, 6.07) is 0. The number of hydrogen-bond acceptors (Lipinski definition) is 5. The molecule has 8 atom stereocenters. The van der Waals surface area contributed by atoms with Crippen molar-refractivity contribution in [1.82, 2.24) is 0 Å². The zero-order valence-electron chi connectivity index (χ0n) is 16.0. The van der Waals surface area contributed by atoms with E-state index in [1.165, 1.54) is 0 Å². The first-order valence-corrected chi connectivity index (χ1v) is 10.4. The van der Waals surface area contributed by atoms with E-state index in [2.05, 4.69) is 6.92 Å². The van der Waals surface area contributed by atoms with Crippen molar-refractivity contribution in [3.63, 3.8) is 0 Å². The minimum absolute atomic E-state index is 0.0407. The van der Waals surface area contributed by atoms with Crippen LogP contribution in [0.3, 0.4) is 0 Å². The van der Waals surface area contributed by atoms with Crippen LogP contribution in [0.25, 0.3) is 0 Å². The smallest absolute Gasteiger partial charge is 0.314 e. The third-order valence-corrected chi connectivity index (χ3v) is 9.63. The van der Waals surface area contributed by atoms with E-state index >= 15 is 0 Å². The standard InChI is InChI=1S/C21H32O5/c1-18-7-8-20(10-16(25-2)26-17(20)23)15(18)5-6-19-9-13(3-4-14(18)19)21(24,11-19)12-22/h13-16,22,24H,3-12H2,1-2H3/t13-,14+,15+,16+,18+,19+,20-,21+/m1/s1. The van der Waals surface area contributed by atoms with Crippen LogP contribution in [0.5, 0.6) is 0 Å². The van der Waals surface area contributed by atoms with Crippen LogP contribution in [0.4, 0.5) is 0 Å². The monoisotopic (exact) mass is 364 g/mol. The van der Waals surface area contributed by atoms with E-state index in [1.807, 2.05) is 0 Å². The molecule has 1 saturated heterocycles. The molecule has 1 heterocycles. The molecule has 0 aromatic rings. The van der Waals surface area contributed by atoms with Crippen molar-refractivity contribution < 1.29 is 24.5 Å². The molecule has 5 rings (SSSR count). The summed E-state index contributed by atoms with van der Waals surface area (Å²) >= 11 is 0. The van der Waals surface area contributed by atoms with Crippen LogP contribution in [0.2, 0.25) is 0 Å². The molecule has 2 bridgehead atoms. The van der Waals surface area contributed by atoms with E-state index in [0.29, 0.717) is 18.3 Å². The van der Waals surface area contributed by atoms with Gasteiger partial charge >= 0.3 is 5.97 Å². The van der Waals surface area contributed by atoms with Gasteiger partial charge in [-0.2, -0.15) is 0 Å². The molecule has 0 aromatic heterocycles. The Morgan fingerprint density at radius 1 is 1.15 bits per heavy atom. The Bertz CT molecular complexity index is 636. The lowest BCUT2D eigenvalue weighted by atomic mass is 9.46. The van der Waals surface area contributed by atoms with Crippen LogP contribution < -0.4 is 0 Å². The highest BCUT2D eigenvalue weighted by Gasteiger charge is 2.72. The fourth-order valence-electron chi connectivity index (χ4n) is 8.60. The topological polar surface area (TPSA) is 76.0 Å². The van der Waals surface area contributed by atoms with Crippen molar-refractivity contribution in [3.8, 4) is 0 Å². The predicted molar refractivity (Wildman–Crippen MR) is 93.9 cm³/mol. The average molecular weight is 364 g/mol. The van der Waals surface area contributed by atoms with Gasteiger partial charge in [-0.1, -0.05) is 6.92 Å². The number of aliphatic hydroxyl groups is 2. The highest BCUT2D eigenvalue weighted by molar-refractivity contribution is 5.80. The molecule has 0 radical (unpaired) electrons. The normalized spacial score (nSPS) is 57.9. The SMILES string of the molecule is CO[C@@H]1C[C@@]2(CC[C@@]3(C)[C@@H]4CC[C@@H]5C[C@@]4(CC[C@H]23)C[C@]5(O)CO)C(=O)O1. The highest BCUT2D eigenvalue weighted by Crippen LogP contribution is 2.75. The zero-order chi connectivity index (χ0) is 18.4. The number of esters is 1. The number of hydrogen-bond donors (Lipinski definition) is 2. The number of rotatable bonds is 2. The molecule has 0 amide bonds. The maximum absolute atomic E-state index is 12.9. The van der Waals surface area contributed by atoms with Gasteiger partial charge < -0.3 is 19.7 Å². The van der Waals surface area contributed by atoms with E-state index in [4.69, 9.17) is 9.47 Å². The van der Waals surface area contributed by atoms with E-state index in [9.17, 15) is 15.0 Å². The molecule has 5 aliphatic rings. The van der Waals surface area contributed by atoms with Crippen LogP contribution in [0.15, 0.2) is 0 Å². The van der Waals surface area contributed by atoms with Gasteiger partial charge in [-0.25, -0.2) is 0 Å². The molecule has 5 nitrogen and oxygen atoms in total. The third kappa shape index (κ3) is 1.90. The van der Waals surface area contributed by atoms with Crippen molar-refractivity contribution in [2.24, 2.45) is 34.0 Å². The minimum Gasteiger partial charge on any atom is -0.435 e. The largest absolute Gasteiger partial charge is 0.435 e. The fourth-order valence-corrected chi connectivity index (χ4v) is 8.60. The van der Waals surface area contributed by atoms with E-state index in [-0.39, 0.29) is 41.0 Å². The number of aliphatic hydroxyl groups excluding tert-OH is 1. The Balaban J connectivity index is 1.50. The van der Waals surface area contributed by atoms with Crippen LogP contribution in [0, 0.1) is 34.0 Å². The lowest BCUT2D eigenvalue weighted by molar-refractivity contribution is -0.165. The van der Waals surface area contributed by atoms with E-state index < -0.39 is 5.60 Å². The van der Waals surface area contributed by atoms with Crippen LogP contribution in [-0.4, -0.2) is 41.8 Å². The lowest BCUT2D eigenvalue weighted by Gasteiger charge is -2.57. The van der Waals surface area contributed by atoms with Crippen molar-refractivity contribution in [2.45, 2.75) is 76.6 Å². The summed E-state index contributed by atoms with van der Waals surface area (Å²) in [6.07, 6.45) is 8.32. The Hall–Kier alpha value is -0.650. The van der Waals surface area contributed by atoms with Crippen molar-refractivity contribution in [1.29, 1.82) is 0 Å². The second-order valence-electron chi connectivity index (χ2n) is 10.4. The van der Waals surface area contributed by atoms with Gasteiger partial charge in [0.05, 0.1) is 17.6 Å². The first-order valence-electron chi connectivity index (χ1n) is 10.4. The van der Waals surface area contributed by atoms with Gasteiger partial charge in [0, 0.05) is 13.5 Å². The summed E-state index contributed by atoms with van der Waals surface area (Å²) in [5.74, 6) is 1.10. The molecular formula is C21H32O5. The third-order valence-electron chi connectivity index (χ3n) is 9.63. The second kappa shape index (κ2) is 5.24. The molecule has 2 N–H and O–H groups in total. The van der Waals surface area contributed by atoms with Crippen LogP contribution in [-0.2, 0) is 14.3 Å². The van der Waals surface area contributed by atoms with Gasteiger partial charge in [-0.15, -0.1) is 0 Å². The summed E-state index contributed by atoms with van der Waals surface area (Å²) in [7, 11) is 1.62. The molecule has 1 aliphatic heterocycles. The van der Waals surface area contributed by atoms with E-state index in [1.54, 1.807) is 7.11 Å². The number of carbonyl (C=O) groups is 1. The molecule has 2 spiro atoms. The van der Waals surface area contributed by atoms with Gasteiger partial charge in [0.1, 0.15) is 0 Å². The number of ether oxygens (including phenoxy) is 2. The Kier molecular flexibility index (Phi) is 3.51. The summed E-state index contributed by atoms with van der Waals surface area (Å²) in [4.78, 5) is 12.9. The van der Waals surface area contributed by atoms with Crippen molar-refractivity contribution in [2.75, 3.05) is 13.7 Å². The number of carbonyl (C=O) groups excluding carboxylic acids is 1. The summed E-state index contributed by atoms with van der Waals surface area (Å²) in [5, 5.41) is 20.8. The quantitative estimate of drug-likeness (QED) is 0.737. The van der Waals surface area contributed by atoms with Crippen molar-refractivity contribution in [3.05, 3.63) is 0 Å². The minimum atomic E-state index is -0.887. The first-order chi connectivity index (χ1) is 12.3. The van der Waals surface area contributed by atoms with Gasteiger partial charge in [0.25, 0.3) is 0 Å². The molecular weight excluding hydrogens is 332 g/mol. The summed E-state index contributed by atoms with van der Waals surface area (Å²) < 4.78 is 10.9. The summed E-state index contributed by atoms with van der Waals surface area (Å²) in [5.41, 5.74) is -0.965. The molecule has 146 valence electrons. The maximum Gasteiger partial charge on any atom is 0.314 e. The van der Waals surface area contributed by atoms with Gasteiger partial charge in [-0.3, -0.25) is 4.79 Å². The average Bonchev–Trinajstić information content (AvgIpc) is 3.18. The molecule has 5 fully saturated rings. The first kappa shape index (κ1) is 17.4. The molecule has 26 heavy (non-hydrogen) atoms. The van der Waals surface area contributed by atoms with Gasteiger partial charge in [0.2, 0.25) is 6.29 Å². The van der Waals surface area contributed by atoms with Crippen LogP contribution in [0.1, 0.15) is 64.7 Å². The molecule has 0 unspecified atom stereocenters. The van der Waals surface area contributed by atoms with Gasteiger partial charge in [-0.05, 0) is 80.0 Å². The molecule has 4 saturated carbocycles. The Labute approximate surface area is 155 Å². The van der Waals surface area contributed by atoms with Crippen molar-refractivity contribution >= 4 is 5.97 Å². The summed E-state index contributed by atoms with van der Waals surface area (Å²) in [6.45, 7) is 2.29. The predicted octanol–water partition coefficient (Wildman–Crippen LogP) is 2.63.